The summed E-state index contributed by atoms with van der Waals surface area (Å²) in [6.45, 7) is 3.02. The van der Waals surface area contributed by atoms with Crippen LogP contribution >= 0.6 is 27.3 Å². The summed E-state index contributed by atoms with van der Waals surface area (Å²) in [4.78, 5) is 6.00. The Bertz CT molecular complexity index is 622. The molecular formula is C15H16BrFN2S. The van der Waals surface area contributed by atoms with Crippen molar-refractivity contribution in [1.29, 1.82) is 0 Å². The number of rotatable bonds is 5. The number of aromatic nitrogens is 1. The molecule has 1 aliphatic rings. The van der Waals surface area contributed by atoms with Gasteiger partial charge in [-0.15, -0.1) is 11.3 Å². The number of benzene rings is 1. The summed E-state index contributed by atoms with van der Waals surface area (Å²) in [6, 6.07) is 5.77. The summed E-state index contributed by atoms with van der Waals surface area (Å²) in [6.07, 6.45) is 3.51. The van der Waals surface area contributed by atoms with E-state index in [9.17, 15) is 4.39 Å². The SMILES string of the molecule is CCc1nc(-c2ccc(F)c(Br)c2)sc1CNC1CC1. The zero-order valence-electron chi connectivity index (χ0n) is 11.2. The highest BCUT2D eigenvalue weighted by atomic mass is 79.9. The zero-order valence-corrected chi connectivity index (χ0v) is 13.7. The van der Waals surface area contributed by atoms with Crippen molar-refractivity contribution >= 4 is 27.3 Å². The van der Waals surface area contributed by atoms with Crippen LogP contribution in [-0.4, -0.2) is 11.0 Å². The van der Waals surface area contributed by atoms with Crippen LogP contribution in [0.2, 0.25) is 0 Å². The number of thiazole rings is 1. The Labute approximate surface area is 130 Å². The third-order valence-electron chi connectivity index (χ3n) is 3.41. The Morgan fingerprint density at radius 2 is 2.25 bits per heavy atom. The number of hydrogen-bond acceptors (Lipinski definition) is 3. The van der Waals surface area contributed by atoms with Crippen molar-refractivity contribution in [2.75, 3.05) is 0 Å². The lowest BCUT2D eigenvalue weighted by Gasteiger charge is -2.00. The first-order chi connectivity index (χ1) is 9.67. The molecule has 2 nitrogen and oxygen atoms in total. The number of nitrogens with one attached hydrogen (secondary N) is 1. The largest absolute Gasteiger partial charge is 0.309 e. The number of nitrogens with zero attached hydrogens (tertiary/aromatic N) is 1. The van der Waals surface area contributed by atoms with E-state index >= 15 is 0 Å². The normalized spacial score (nSPS) is 14.8. The second-order valence-corrected chi connectivity index (χ2v) is 6.96. The summed E-state index contributed by atoms with van der Waals surface area (Å²) in [5, 5.41) is 4.50. The van der Waals surface area contributed by atoms with Crippen molar-refractivity contribution in [3.63, 3.8) is 0 Å². The molecule has 2 aromatic rings. The molecule has 1 aromatic heterocycles. The molecule has 0 atom stereocenters. The molecule has 1 fully saturated rings. The van der Waals surface area contributed by atoms with Gasteiger partial charge in [0.05, 0.1) is 10.2 Å². The zero-order chi connectivity index (χ0) is 14.1. The predicted octanol–water partition coefficient (Wildman–Crippen LogP) is 4.53. The lowest BCUT2D eigenvalue weighted by Crippen LogP contribution is -2.15. The molecule has 0 aliphatic heterocycles. The van der Waals surface area contributed by atoms with Crippen molar-refractivity contribution in [3.05, 3.63) is 39.1 Å². The molecule has 3 rings (SSSR count). The van der Waals surface area contributed by atoms with E-state index in [0.717, 1.165) is 29.2 Å². The smallest absolute Gasteiger partial charge is 0.137 e. The fourth-order valence-electron chi connectivity index (χ4n) is 2.07. The van der Waals surface area contributed by atoms with Crippen molar-refractivity contribution in [2.24, 2.45) is 0 Å². The topological polar surface area (TPSA) is 24.9 Å². The molecule has 1 N–H and O–H groups in total. The fourth-order valence-corrected chi connectivity index (χ4v) is 3.55. The summed E-state index contributed by atoms with van der Waals surface area (Å²) in [7, 11) is 0. The van der Waals surface area contributed by atoms with Crippen LogP contribution in [0.15, 0.2) is 22.7 Å². The molecule has 0 radical (unpaired) electrons. The second kappa shape index (κ2) is 5.92. The van der Waals surface area contributed by atoms with Gasteiger partial charge in [-0.25, -0.2) is 9.37 Å². The molecule has 1 heterocycles. The Hall–Kier alpha value is -0.780. The lowest BCUT2D eigenvalue weighted by molar-refractivity contribution is 0.621. The van der Waals surface area contributed by atoms with Gasteiger partial charge >= 0.3 is 0 Å². The van der Waals surface area contributed by atoms with Gasteiger partial charge in [-0.3, -0.25) is 0 Å². The van der Waals surface area contributed by atoms with Crippen LogP contribution in [0, 0.1) is 5.82 Å². The first-order valence-corrected chi connectivity index (χ1v) is 8.45. The summed E-state index contributed by atoms with van der Waals surface area (Å²) < 4.78 is 13.8. The molecule has 0 spiro atoms. The van der Waals surface area contributed by atoms with Gasteiger partial charge in [0.1, 0.15) is 10.8 Å². The molecule has 0 saturated heterocycles. The first kappa shape index (κ1) is 14.2. The minimum atomic E-state index is -0.239. The molecule has 20 heavy (non-hydrogen) atoms. The van der Waals surface area contributed by atoms with E-state index in [1.165, 1.54) is 23.8 Å². The standard InChI is InChI=1S/C15H16BrFN2S/c1-2-13-14(8-18-10-4-5-10)20-15(19-13)9-3-6-12(17)11(16)7-9/h3,6-7,10,18H,2,4-5,8H2,1H3. The van der Waals surface area contributed by atoms with Crippen LogP contribution < -0.4 is 5.32 Å². The van der Waals surface area contributed by atoms with Crippen molar-refractivity contribution in [3.8, 4) is 10.6 Å². The average molecular weight is 355 g/mol. The van der Waals surface area contributed by atoms with Crippen LogP contribution in [0.25, 0.3) is 10.6 Å². The minimum Gasteiger partial charge on any atom is -0.309 e. The van der Waals surface area contributed by atoms with E-state index in [1.807, 2.05) is 0 Å². The van der Waals surface area contributed by atoms with Gasteiger partial charge in [0, 0.05) is 23.0 Å². The monoisotopic (exact) mass is 354 g/mol. The van der Waals surface area contributed by atoms with Gasteiger partial charge in [-0.1, -0.05) is 6.92 Å². The summed E-state index contributed by atoms with van der Waals surface area (Å²) >= 11 is 4.94. The molecule has 0 unspecified atom stereocenters. The van der Waals surface area contributed by atoms with Crippen LogP contribution in [0.5, 0.6) is 0 Å². The maximum Gasteiger partial charge on any atom is 0.137 e. The highest BCUT2D eigenvalue weighted by molar-refractivity contribution is 9.10. The van der Waals surface area contributed by atoms with Gasteiger partial charge in [-0.05, 0) is 53.4 Å². The Kier molecular flexibility index (Phi) is 4.19. The molecule has 106 valence electrons. The van der Waals surface area contributed by atoms with E-state index < -0.39 is 0 Å². The van der Waals surface area contributed by atoms with Gasteiger partial charge < -0.3 is 5.32 Å². The Balaban J connectivity index is 1.86. The van der Waals surface area contributed by atoms with E-state index in [0.29, 0.717) is 10.5 Å². The Morgan fingerprint density at radius 3 is 2.90 bits per heavy atom. The van der Waals surface area contributed by atoms with Crippen molar-refractivity contribution in [2.45, 2.75) is 38.8 Å². The highest BCUT2D eigenvalue weighted by Crippen LogP contribution is 2.31. The summed E-state index contributed by atoms with van der Waals surface area (Å²) in [5.74, 6) is -0.239. The highest BCUT2D eigenvalue weighted by Gasteiger charge is 2.21. The van der Waals surface area contributed by atoms with Crippen LogP contribution in [0.3, 0.4) is 0 Å². The van der Waals surface area contributed by atoms with Crippen LogP contribution in [0.1, 0.15) is 30.3 Å². The molecule has 0 bridgehead atoms. The molecular weight excluding hydrogens is 339 g/mol. The third-order valence-corrected chi connectivity index (χ3v) is 5.16. The van der Waals surface area contributed by atoms with E-state index in [-0.39, 0.29) is 5.82 Å². The van der Waals surface area contributed by atoms with Crippen LogP contribution in [-0.2, 0) is 13.0 Å². The Morgan fingerprint density at radius 1 is 1.45 bits per heavy atom. The van der Waals surface area contributed by atoms with Gasteiger partial charge in [0.25, 0.3) is 0 Å². The molecule has 1 aliphatic carbocycles. The molecule has 5 heteroatoms. The second-order valence-electron chi connectivity index (χ2n) is 5.03. The van der Waals surface area contributed by atoms with Crippen LogP contribution in [0.4, 0.5) is 4.39 Å². The maximum atomic E-state index is 13.3. The number of aryl methyl sites for hydroxylation is 1. The minimum absolute atomic E-state index is 0.239. The summed E-state index contributed by atoms with van der Waals surface area (Å²) in [5.41, 5.74) is 2.12. The number of halogens is 2. The van der Waals surface area contributed by atoms with Crippen molar-refractivity contribution < 1.29 is 4.39 Å². The molecule has 1 saturated carbocycles. The predicted molar refractivity (Wildman–Crippen MR) is 84.4 cm³/mol. The van der Waals surface area contributed by atoms with E-state index in [1.54, 1.807) is 23.5 Å². The van der Waals surface area contributed by atoms with Gasteiger partial charge in [0.2, 0.25) is 0 Å². The molecule has 1 aromatic carbocycles. The fraction of sp³-hybridized carbons (Fsp3) is 0.400. The number of hydrogen-bond donors (Lipinski definition) is 1. The van der Waals surface area contributed by atoms with Crippen molar-refractivity contribution in [1.82, 2.24) is 10.3 Å². The third kappa shape index (κ3) is 3.10. The van der Waals surface area contributed by atoms with Gasteiger partial charge in [0.15, 0.2) is 0 Å². The average Bonchev–Trinajstić information content (AvgIpc) is 3.18. The maximum absolute atomic E-state index is 13.3. The van der Waals surface area contributed by atoms with Gasteiger partial charge in [-0.2, -0.15) is 0 Å². The van der Waals surface area contributed by atoms with E-state index in [2.05, 4.69) is 28.2 Å². The lowest BCUT2D eigenvalue weighted by atomic mass is 10.2. The first-order valence-electron chi connectivity index (χ1n) is 6.84. The quantitative estimate of drug-likeness (QED) is 0.853. The van der Waals surface area contributed by atoms with E-state index in [4.69, 9.17) is 4.98 Å². The molecule has 0 amide bonds.